The van der Waals surface area contributed by atoms with E-state index < -0.39 is 0 Å². The average molecular weight is 423 g/mol. The Labute approximate surface area is 151 Å². The fourth-order valence-corrected chi connectivity index (χ4v) is 3.14. The van der Waals surface area contributed by atoms with Crippen molar-refractivity contribution in [1.29, 1.82) is 0 Å². The maximum Gasteiger partial charge on any atom is 0.224 e. The van der Waals surface area contributed by atoms with Crippen LogP contribution in [-0.2, 0) is 24.2 Å². The number of amides is 1. The van der Waals surface area contributed by atoms with Crippen LogP contribution in [0, 0.1) is 10.5 Å². The molecular weight excluding hydrogens is 401 g/mol. The summed E-state index contributed by atoms with van der Waals surface area (Å²) in [7, 11) is 1.66. The van der Waals surface area contributed by atoms with Crippen molar-refractivity contribution in [2.75, 3.05) is 7.05 Å². The van der Waals surface area contributed by atoms with Gasteiger partial charge in [-0.05, 0) is 64.8 Å². The average Bonchev–Trinajstić information content (AvgIpc) is 2.55. The Hall–Kier alpha value is -1.56. The second-order valence-corrected chi connectivity index (χ2v) is 6.63. The summed E-state index contributed by atoms with van der Waals surface area (Å²) in [5.74, 6) is 0.907. The molecule has 122 valence electrons. The molecule has 0 heterocycles. The first-order chi connectivity index (χ1) is 11.0. The summed E-state index contributed by atoms with van der Waals surface area (Å²) in [6.45, 7) is 4.68. The zero-order valence-corrected chi connectivity index (χ0v) is 15.9. The molecule has 0 saturated heterocycles. The maximum atomic E-state index is 11.7. The van der Waals surface area contributed by atoms with Crippen molar-refractivity contribution >= 4 is 28.5 Å². The molecule has 0 saturated carbocycles. The Balaban J connectivity index is 2.18. The van der Waals surface area contributed by atoms with Gasteiger partial charge in [-0.3, -0.25) is 4.79 Å². The van der Waals surface area contributed by atoms with Gasteiger partial charge in [0, 0.05) is 16.2 Å². The van der Waals surface area contributed by atoms with Gasteiger partial charge >= 0.3 is 0 Å². The van der Waals surface area contributed by atoms with Crippen LogP contribution in [-0.4, -0.2) is 13.0 Å². The number of carbonyl (C=O) groups excluding carboxylic acids is 1. The predicted molar refractivity (Wildman–Crippen MR) is 102 cm³/mol. The van der Waals surface area contributed by atoms with Gasteiger partial charge in [-0.15, -0.1) is 0 Å². The number of benzene rings is 2. The SMILES string of the molecule is CCc1ccc(OCc2c(I)cccc2CC(=O)NC)c(C)c1. The van der Waals surface area contributed by atoms with E-state index in [1.807, 2.05) is 24.3 Å². The first kappa shape index (κ1) is 17.8. The first-order valence-electron chi connectivity index (χ1n) is 7.74. The van der Waals surface area contributed by atoms with Crippen LogP contribution < -0.4 is 10.1 Å². The fourth-order valence-electron chi connectivity index (χ4n) is 2.44. The summed E-state index contributed by atoms with van der Waals surface area (Å²) in [6, 6.07) is 12.3. The second kappa shape index (κ2) is 8.34. The van der Waals surface area contributed by atoms with E-state index in [4.69, 9.17) is 4.74 Å². The highest BCUT2D eigenvalue weighted by Crippen LogP contribution is 2.24. The lowest BCUT2D eigenvalue weighted by atomic mass is 10.0. The lowest BCUT2D eigenvalue weighted by molar-refractivity contribution is -0.119. The van der Waals surface area contributed by atoms with Crippen molar-refractivity contribution in [3.63, 3.8) is 0 Å². The number of nitrogens with one attached hydrogen (secondary N) is 1. The highest BCUT2D eigenvalue weighted by molar-refractivity contribution is 14.1. The summed E-state index contributed by atoms with van der Waals surface area (Å²) in [5, 5.41) is 2.67. The molecule has 23 heavy (non-hydrogen) atoms. The Morgan fingerprint density at radius 2 is 2.04 bits per heavy atom. The zero-order chi connectivity index (χ0) is 16.8. The van der Waals surface area contributed by atoms with E-state index in [9.17, 15) is 4.79 Å². The van der Waals surface area contributed by atoms with Crippen LogP contribution in [0.2, 0.25) is 0 Å². The van der Waals surface area contributed by atoms with Gasteiger partial charge in [-0.1, -0.05) is 31.2 Å². The maximum absolute atomic E-state index is 11.7. The van der Waals surface area contributed by atoms with Gasteiger partial charge in [0.25, 0.3) is 0 Å². The standard InChI is InChI=1S/C19H22INO2/c1-4-14-8-9-18(13(2)10-14)23-12-16-15(11-19(22)21-3)6-5-7-17(16)20/h5-10H,4,11-12H2,1-3H3,(H,21,22). The minimum absolute atomic E-state index is 0.0109. The normalized spacial score (nSPS) is 10.4. The van der Waals surface area contributed by atoms with Gasteiger partial charge < -0.3 is 10.1 Å². The Bertz CT molecular complexity index is 698. The van der Waals surface area contributed by atoms with Crippen LogP contribution >= 0.6 is 22.6 Å². The number of carbonyl (C=O) groups is 1. The van der Waals surface area contributed by atoms with Gasteiger partial charge in [0.15, 0.2) is 0 Å². The van der Waals surface area contributed by atoms with Crippen molar-refractivity contribution in [2.24, 2.45) is 0 Å². The molecule has 2 aromatic carbocycles. The highest BCUT2D eigenvalue weighted by atomic mass is 127. The van der Waals surface area contributed by atoms with Gasteiger partial charge in [-0.2, -0.15) is 0 Å². The molecule has 2 aromatic rings. The molecule has 0 aliphatic carbocycles. The van der Waals surface area contributed by atoms with Crippen LogP contribution in [0.15, 0.2) is 36.4 Å². The summed E-state index contributed by atoms with van der Waals surface area (Å²) in [4.78, 5) is 11.7. The van der Waals surface area contributed by atoms with Gasteiger partial charge in [0.2, 0.25) is 5.91 Å². The van der Waals surface area contributed by atoms with E-state index in [-0.39, 0.29) is 5.91 Å². The van der Waals surface area contributed by atoms with Crippen LogP contribution in [0.5, 0.6) is 5.75 Å². The summed E-state index contributed by atoms with van der Waals surface area (Å²) in [6.07, 6.45) is 1.40. The van der Waals surface area contributed by atoms with Crippen LogP contribution in [0.25, 0.3) is 0 Å². The van der Waals surface area contributed by atoms with Crippen LogP contribution in [0.4, 0.5) is 0 Å². The summed E-state index contributed by atoms with van der Waals surface area (Å²) < 4.78 is 7.14. The quantitative estimate of drug-likeness (QED) is 0.713. The zero-order valence-electron chi connectivity index (χ0n) is 13.8. The van der Waals surface area contributed by atoms with Crippen molar-refractivity contribution in [3.05, 3.63) is 62.2 Å². The minimum Gasteiger partial charge on any atom is -0.489 e. The lowest BCUT2D eigenvalue weighted by Crippen LogP contribution is -2.21. The third-order valence-corrected chi connectivity index (χ3v) is 4.88. The van der Waals surface area contributed by atoms with Crippen LogP contribution in [0.1, 0.15) is 29.2 Å². The Morgan fingerprint density at radius 3 is 2.70 bits per heavy atom. The Kier molecular flexibility index (Phi) is 6.45. The van der Waals surface area contributed by atoms with Crippen LogP contribution in [0.3, 0.4) is 0 Å². The summed E-state index contributed by atoms with van der Waals surface area (Å²) >= 11 is 2.30. The third-order valence-electron chi connectivity index (χ3n) is 3.87. The highest BCUT2D eigenvalue weighted by Gasteiger charge is 2.11. The fraction of sp³-hybridized carbons (Fsp3) is 0.316. The molecule has 0 radical (unpaired) electrons. The first-order valence-corrected chi connectivity index (χ1v) is 8.82. The number of ether oxygens (including phenoxy) is 1. The second-order valence-electron chi connectivity index (χ2n) is 5.47. The number of likely N-dealkylation sites (N-methyl/N-ethyl adjacent to an activating group) is 1. The number of halogens is 1. The molecule has 0 bridgehead atoms. The number of aryl methyl sites for hydroxylation is 2. The molecule has 1 amide bonds. The van der Waals surface area contributed by atoms with E-state index in [2.05, 4.69) is 53.9 Å². The largest absolute Gasteiger partial charge is 0.489 e. The van der Waals surface area contributed by atoms with Gasteiger partial charge in [-0.25, -0.2) is 0 Å². The third kappa shape index (κ3) is 4.70. The molecule has 0 aromatic heterocycles. The number of rotatable bonds is 6. The van der Waals surface area contributed by atoms with Gasteiger partial charge in [0.1, 0.15) is 12.4 Å². The molecular formula is C19H22INO2. The molecule has 0 aliphatic rings. The lowest BCUT2D eigenvalue weighted by Gasteiger charge is -2.14. The number of hydrogen-bond acceptors (Lipinski definition) is 2. The van der Waals surface area contributed by atoms with E-state index in [1.165, 1.54) is 5.56 Å². The summed E-state index contributed by atoms with van der Waals surface area (Å²) in [5.41, 5.74) is 4.54. The minimum atomic E-state index is 0.0109. The van der Waals surface area contributed by atoms with Crippen molar-refractivity contribution in [3.8, 4) is 5.75 Å². The number of hydrogen-bond donors (Lipinski definition) is 1. The molecule has 1 N–H and O–H groups in total. The molecule has 0 atom stereocenters. The molecule has 3 nitrogen and oxygen atoms in total. The van der Waals surface area contributed by atoms with E-state index >= 15 is 0 Å². The molecule has 0 aliphatic heterocycles. The molecule has 0 spiro atoms. The van der Waals surface area contributed by atoms with E-state index in [1.54, 1.807) is 7.05 Å². The topological polar surface area (TPSA) is 38.3 Å². The Morgan fingerprint density at radius 1 is 1.26 bits per heavy atom. The molecule has 4 heteroatoms. The van der Waals surface area contributed by atoms with Crippen molar-refractivity contribution < 1.29 is 9.53 Å². The predicted octanol–water partition coefficient (Wildman–Crippen LogP) is 4.03. The van der Waals surface area contributed by atoms with Crippen molar-refractivity contribution in [1.82, 2.24) is 5.32 Å². The van der Waals surface area contributed by atoms with E-state index in [0.717, 1.165) is 32.4 Å². The molecule has 2 rings (SSSR count). The molecule has 0 unspecified atom stereocenters. The van der Waals surface area contributed by atoms with Crippen molar-refractivity contribution in [2.45, 2.75) is 33.3 Å². The van der Waals surface area contributed by atoms with Gasteiger partial charge in [0.05, 0.1) is 6.42 Å². The smallest absolute Gasteiger partial charge is 0.224 e. The molecule has 0 fully saturated rings. The van der Waals surface area contributed by atoms with E-state index in [0.29, 0.717) is 13.0 Å². The monoisotopic (exact) mass is 423 g/mol.